The van der Waals surface area contributed by atoms with Crippen molar-refractivity contribution in [2.24, 2.45) is 0 Å². The van der Waals surface area contributed by atoms with Crippen LogP contribution in [0.25, 0.3) is 10.2 Å². The summed E-state index contributed by atoms with van der Waals surface area (Å²) < 4.78 is 0. The minimum atomic E-state index is -0.125. The molecule has 2 rings (SSSR count). The summed E-state index contributed by atoms with van der Waals surface area (Å²) in [6.45, 7) is 0. The van der Waals surface area contributed by atoms with Gasteiger partial charge in [0.25, 0.3) is 5.91 Å². The Morgan fingerprint density at radius 1 is 1.44 bits per heavy atom. The number of carbonyl (C=O) groups is 1. The van der Waals surface area contributed by atoms with Gasteiger partial charge in [0.1, 0.15) is 9.71 Å². The molecule has 0 bridgehead atoms. The van der Waals surface area contributed by atoms with Crippen LogP contribution in [0.2, 0.25) is 0 Å². The molecule has 0 saturated heterocycles. The molecular formula is C10H12N4OS. The molecular weight excluding hydrogens is 224 g/mol. The van der Waals surface area contributed by atoms with Crippen molar-refractivity contribution in [2.45, 2.75) is 0 Å². The van der Waals surface area contributed by atoms with E-state index in [4.69, 9.17) is 11.5 Å². The van der Waals surface area contributed by atoms with Crippen molar-refractivity contribution >= 4 is 38.8 Å². The molecule has 2 aromatic heterocycles. The van der Waals surface area contributed by atoms with Crippen LogP contribution in [-0.2, 0) is 0 Å². The number of nitrogens with zero attached hydrogens (tertiary/aromatic N) is 2. The van der Waals surface area contributed by atoms with Crippen LogP contribution in [0.5, 0.6) is 0 Å². The van der Waals surface area contributed by atoms with Crippen LogP contribution in [0.15, 0.2) is 12.3 Å². The van der Waals surface area contributed by atoms with Crippen LogP contribution in [0.3, 0.4) is 0 Å². The SMILES string of the molecule is CN(C)C(=O)c1sc2nccc(N)c2c1N. The molecule has 0 radical (unpaired) electrons. The van der Waals surface area contributed by atoms with Gasteiger partial charge in [-0.2, -0.15) is 0 Å². The van der Waals surface area contributed by atoms with E-state index in [1.807, 2.05) is 0 Å². The molecule has 6 heteroatoms. The standard InChI is InChI=1S/C10H12N4OS/c1-14(2)10(15)8-7(12)6-5(11)3-4-13-9(6)16-8/h3-4H,12H2,1-2H3,(H2,11,13). The Bertz CT molecular complexity index is 561. The van der Waals surface area contributed by atoms with Crippen molar-refractivity contribution in [3.8, 4) is 0 Å². The Balaban J connectivity index is 2.70. The summed E-state index contributed by atoms with van der Waals surface area (Å²) >= 11 is 1.27. The van der Waals surface area contributed by atoms with E-state index < -0.39 is 0 Å². The van der Waals surface area contributed by atoms with E-state index in [1.165, 1.54) is 16.2 Å². The number of amides is 1. The summed E-state index contributed by atoms with van der Waals surface area (Å²) in [7, 11) is 3.37. The minimum absolute atomic E-state index is 0.125. The molecule has 1 amide bonds. The van der Waals surface area contributed by atoms with Gasteiger partial charge in [-0.15, -0.1) is 11.3 Å². The Labute approximate surface area is 96.7 Å². The number of nitrogen functional groups attached to an aromatic ring is 2. The molecule has 0 fully saturated rings. The molecule has 2 heterocycles. The average Bonchev–Trinajstić information content (AvgIpc) is 2.56. The summed E-state index contributed by atoms with van der Waals surface area (Å²) in [6.07, 6.45) is 1.61. The summed E-state index contributed by atoms with van der Waals surface area (Å²) in [6, 6.07) is 1.68. The summed E-state index contributed by atoms with van der Waals surface area (Å²) in [5, 5.41) is 0.678. The van der Waals surface area contributed by atoms with E-state index in [2.05, 4.69) is 4.98 Å². The van der Waals surface area contributed by atoms with E-state index in [1.54, 1.807) is 26.4 Å². The monoisotopic (exact) mass is 236 g/mol. The summed E-state index contributed by atoms with van der Waals surface area (Å²) in [5.74, 6) is -0.125. The van der Waals surface area contributed by atoms with Gasteiger partial charge in [-0.3, -0.25) is 4.79 Å². The van der Waals surface area contributed by atoms with Gasteiger partial charge in [-0.05, 0) is 6.07 Å². The molecule has 4 N–H and O–H groups in total. The number of fused-ring (bicyclic) bond motifs is 1. The maximum absolute atomic E-state index is 11.8. The van der Waals surface area contributed by atoms with Gasteiger partial charge in [0.2, 0.25) is 0 Å². The number of hydrogen-bond donors (Lipinski definition) is 2. The van der Waals surface area contributed by atoms with Gasteiger partial charge < -0.3 is 16.4 Å². The maximum Gasteiger partial charge on any atom is 0.265 e. The summed E-state index contributed by atoms with van der Waals surface area (Å²) in [5.41, 5.74) is 12.7. The van der Waals surface area contributed by atoms with E-state index in [0.717, 1.165) is 0 Å². The number of aromatic nitrogens is 1. The lowest BCUT2D eigenvalue weighted by atomic mass is 10.2. The molecule has 84 valence electrons. The van der Waals surface area contributed by atoms with Crippen molar-refractivity contribution < 1.29 is 4.79 Å². The van der Waals surface area contributed by atoms with Crippen molar-refractivity contribution in [1.82, 2.24) is 9.88 Å². The van der Waals surface area contributed by atoms with Crippen LogP contribution in [0.4, 0.5) is 11.4 Å². The molecule has 0 aliphatic carbocycles. The van der Waals surface area contributed by atoms with E-state index in [0.29, 0.717) is 26.5 Å². The molecule has 16 heavy (non-hydrogen) atoms. The first kappa shape index (κ1) is 10.7. The zero-order chi connectivity index (χ0) is 11.9. The number of hydrogen-bond acceptors (Lipinski definition) is 5. The van der Waals surface area contributed by atoms with E-state index in [-0.39, 0.29) is 5.91 Å². The Hall–Kier alpha value is -1.82. The highest BCUT2D eigenvalue weighted by molar-refractivity contribution is 7.21. The lowest BCUT2D eigenvalue weighted by Gasteiger charge is -2.08. The number of rotatable bonds is 1. The molecule has 0 atom stereocenters. The molecule has 0 saturated carbocycles. The number of anilines is 2. The lowest BCUT2D eigenvalue weighted by Crippen LogP contribution is -2.21. The minimum Gasteiger partial charge on any atom is -0.398 e. The van der Waals surface area contributed by atoms with Crippen LogP contribution in [-0.4, -0.2) is 29.9 Å². The van der Waals surface area contributed by atoms with Crippen LogP contribution < -0.4 is 11.5 Å². The van der Waals surface area contributed by atoms with Crippen LogP contribution in [0.1, 0.15) is 9.67 Å². The third kappa shape index (κ3) is 1.47. The van der Waals surface area contributed by atoms with Gasteiger partial charge in [0, 0.05) is 26.0 Å². The molecule has 5 nitrogen and oxygen atoms in total. The number of nitrogens with two attached hydrogens (primary N) is 2. The van der Waals surface area contributed by atoms with Crippen molar-refractivity contribution in [3.63, 3.8) is 0 Å². The zero-order valence-corrected chi connectivity index (χ0v) is 9.84. The third-order valence-corrected chi connectivity index (χ3v) is 3.36. The first-order chi connectivity index (χ1) is 7.52. The topological polar surface area (TPSA) is 85.2 Å². The molecule has 0 aliphatic heterocycles. The molecule has 0 spiro atoms. The fourth-order valence-corrected chi connectivity index (χ4v) is 2.55. The van der Waals surface area contributed by atoms with Crippen molar-refractivity contribution in [1.29, 1.82) is 0 Å². The second kappa shape index (κ2) is 3.64. The fourth-order valence-electron chi connectivity index (χ4n) is 1.43. The Morgan fingerprint density at radius 3 is 2.69 bits per heavy atom. The maximum atomic E-state index is 11.8. The van der Waals surface area contributed by atoms with Crippen molar-refractivity contribution in [3.05, 3.63) is 17.1 Å². The first-order valence-corrected chi connectivity index (χ1v) is 5.48. The highest BCUT2D eigenvalue weighted by Crippen LogP contribution is 2.36. The second-order valence-corrected chi connectivity index (χ2v) is 4.62. The molecule has 0 aliphatic rings. The highest BCUT2D eigenvalue weighted by atomic mass is 32.1. The predicted molar refractivity (Wildman–Crippen MR) is 66.5 cm³/mol. The number of carbonyl (C=O) groups excluding carboxylic acids is 1. The van der Waals surface area contributed by atoms with Crippen molar-refractivity contribution in [2.75, 3.05) is 25.6 Å². The third-order valence-electron chi connectivity index (χ3n) is 2.26. The smallest absolute Gasteiger partial charge is 0.265 e. The molecule has 0 aromatic carbocycles. The van der Waals surface area contributed by atoms with Gasteiger partial charge in [0.15, 0.2) is 0 Å². The quantitative estimate of drug-likeness (QED) is 0.778. The normalized spacial score (nSPS) is 10.6. The number of thiophene rings is 1. The zero-order valence-electron chi connectivity index (χ0n) is 9.02. The highest BCUT2D eigenvalue weighted by Gasteiger charge is 2.19. The second-order valence-electron chi connectivity index (χ2n) is 3.62. The van der Waals surface area contributed by atoms with E-state index >= 15 is 0 Å². The molecule has 0 unspecified atom stereocenters. The number of pyridine rings is 1. The Kier molecular flexibility index (Phi) is 2.43. The van der Waals surface area contributed by atoms with Crippen LogP contribution >= 0.6 is 11.3 Å². The average molecular weight is 236 g/mol. The van der Waals surface area contributed by atoms with Gasteiger partial charge in [-0.25, -0.2) is 4.98 Å². The predicted octanol–water partition coefficient (Wildman–Crippen LogP) is 1.16. The Morgan fingerprint density at radius 2 is 2.12 bits per heavy atom. The van der Waals surface area contributed by atoms with Gasteiger partial charge in [-0.1, -0.05) is 0 Å². The van der Waals surface area contributed by atoms with Gasteiger partial charge in [0.05, 0.1) is 11.1 Å². The summed E-state index contributed by atoms with van der Waals surface area (Å²) in [4.78, 5) is 18.7. The van der Waals surface area contributed by atoms with E-state index in [9.17, 15) is 4.79 Å². The molecule has 2 aromatic rings. The fraction of sp³-hybridized carbons (Fsp3) is 0.200. The first-order valence-electron chi connectivity index (χ1n) is 4.66. The largest absolute Gasteiger partial charge is 0.398 e. The van der Waals surface area contributed by atoms with Gasteiger partial charge >= 0.3 is 0 Å². The van der Waals surface area contributed by atoms with Crippen LogP contribution in [0, 0.1) is 0 Å². The lowest BCUT2D eigenvalue weighted by molar-refractivity contribution is 0.0833.